The Bertz CT molecular complexity index is 406. The van der Waals surface area contributed by atoms with Gasteiger partial charge in [0, 0.05) is 26.7 Å². The molecule has 1 aliphatic rings. The van der Waals surface area contributed by atoms with Crippen LogP contribution in [0, 0.1) is 0 Å². The van der Waals surface area contributed by atoms with E-state index >= 15 is 0 Å². The first-order valence-electron chi connectivity index (χ1n) is 6.39. The molecule has 0 unspecified atom stereocenters. The number of rotatable bonds is 6. The summed E-state index contributed by atoms with van der Waals surface area (Å²) in [5, 5.41) is 14.4. The molecule has 0 spiro atoms. The number of amides is 1. The van der Waals surface area contributed by atoms with Gasteiger partial charge in [0.05, 0.1) is 13.2 Å². The van der Waals surface area contributed by atoms with Gasteiger partial charge in [0.25, 0.3) is 5.91 Å². The summed E-state index contributed by atoms with van der Waals surface area (Å²) in [4.78, 5) is 14.1. The highest BCUT2D eigenvalue weighted by atomic mass is 32.1. The molecule has 0 aliphatic carbocycles. The molecule has 8 heteroatoms. The summed E-state index contributed by atoms with van der Waals surface area (Å²) in [5.41, 5.74) is 0. The minimum atomic E-state index is -0.152. The lowest BCUT2D eigenvalue weighted by Crippen LogP contribution is -2.38. The second-order valence-electron chi connectivity index (χ2n) is 4.23. The second kappa shape index (κ2) is 7.37. The molecular formula is C11H19N5O2S. The first kappa shape index (κ1) is 14.2. The number of hydrogen-bond donors (Lipinski definition) is 2. The van der Waals surface area contributed by atoms with Gasteiger partial charge >= 0.3 is 0 Å². The van der Waals surface area contributed by atoms with Gasteiger partial charge in [-0.1, -0.05) is 11.3 Å². The zero-order valence-corrected chi connectivity index (χ0v) is 11.8. The van der Waals surface area contributed by atoms with Crippen LogP contribution < -0.4 is 10.6 Å². The fourth-order valence-electron chi connectivity index (χ4n) is 1.82. The average Bonchev–Trinajstić information content (AvgIpc) is 2.93. The van der Waals surface area contributed by atoms with Crippen molar-refractivity contribution in [2.24, 2.45) is 0 Å². The number of aromatic nitrogens is 2. The van der Waals surface area contributed by atoms with E-state index in [0.717, 1.165) is 39.3 Å². The molecule has 1 aliphatic heterocycles. The maximum Gasteiger partial charge on any atom is 0.282 e. The Morgan fingerprint density at radius 2 is 2.21 bits per heavy atom. The third-order valence-corrected chi connectivity index (χ3v) is 3.81. The Balaban J connectivity index is 1.63. The number of carbonyl (C=O) groups excluding carboxylic acids is 1. The molecule has 1 amide bonds. The van der Waals surface area contributed by atoms with Crippen molar-refractivity contribution < 1.29 is 9.53 Å². The van der Waals surface area contributed by atoms with Crippen LogP contribution in [0.4, 0.5) is 5.13 Å². The van der Waals surface area contributed by atoms with Crippen LogP contribution >= 0.6 is 11.3 Å². The molecule has 1 aromatic rings. The molecule has 0 aromatic carbocycles. The van der Waals surface area contributed by atoms with Crippen LogP contribution in [-0.2, 0) is 4.74 Å². The Kier molecular flexibility index (Phi) is 5.49. The van der Waals surface area contributed by atoms with Crippen LogP contribution in [0.15, 0.2) is 0 Å². The van der Waals surface area contributed by atoms with Gasteiger partial charge in [0.15, 0.2) is 0 Å². The molecule has 1 saturated heterocycles. The monoisotopic (exact) mass is 285 g/mol. The van der Waals surface area contributed by atoms with Crippen LogP contribution in [0.1, 0.15) is 16.2 Å². The third kappa shape index (κ3) is 4.41. The largest absolute Gasteiger partial charge is 0.379 e. The molecule has 2 heterocycles. The average molecular weight is 285 g/mol. The predicted octanol–water partition coefficient (Wildman–Crippen LogP) is 0.0319. The third-order valence-electron chi connectivity index (χ3n) is 2.87. The quantitative estimate of drug-likeness (QED) is 0.718. The summed E-state index contributed by atoms with van der Waals surface area (Å²) in [6, 6.07) is 0. The molecule has 19 heavy (non-hydrogen) atoms. The second-order valence-corrected chi connectivity index (χ2v) is 5.20. The standard InChI is InChI=1S/C11H19N5O2S/c1-12-11-15-14-10(19-11)9(17)13-3-2-4-16-5-7-18-8-6-16/h2-8H2,1H3,(H,12,15)(H,13,17). The minimum absolute atomic E-state index is 0.152. The van der Waals surface area contributed by atoms with Crippen LogP contribution in [0.2, 0.25) is 0 Å². The van der Waals surface area contributed by atoms with Crippen LogP contribution in [0.3, 0.4) is 0 Å². The topological polar surface area (TPSA) is 79.4 Å². The van der Waals surface area contributed by atoms with Crippen LogP contribution in [0.5, 0.6) is 0 Å². The Morgan fingerprint density at radius 1 is 1.42 bits per heavy atom. The summed E-state index contributed by atoms with van der Waals surface area (Å²) < 4.78 is 5.28. The predicted molar refractivity (Wildman–Crippen MR) is 73.7 cm³/mol. The number of hydrogen-bond acceptors (Lipinski definition) is 7. The summed E-state index contributed by atoms with van der Waals surface area (Å²) in [6.45, 7) is 5.23. The van der Waals surface area contributed by atoms with Gasteiger partial charge in [0.1, 0.15) is 0 Å². The van der Waals surface area contributed by atoms with Crippen molar-refractivity contribution in [3.05, 3.63) is 5.01 Å². The van der Waals surface area contributed by atoms with Gasteiger partial charge < -0.3 is 15.4 Å². The maximum atomic E-state index is 11.8. The number of nitrogens with one attached hydrogen (secondary N) is 2. The van der Waals surface area contributed by atoms with E-state index in [9.17, 15) is 4.79 Å². The fourth-order valence-corrected chi connectivity index (χ4v) is 2.43. The molecule has 2 N–H and O–H groups in total. The molecular weight excluding hydrogens is 266 g/mol. The van der Waals surface area contributed by atoms with Crippen LogP contribution in [-0.4, -0.2) is 67.4 Å². The minimum Gasteiger partial charge on any atom is -0.379 e. The maximum absolute atomic E-state index is 11.8. The molecule has 1 fully saturated rings. The Morgan fingerprint density at radius 3 is 2.89 bits per heavy atom. The number of anilines is 1. The summed E-state index contributed by atoms with van der Waals surface area (Å²) in [5.74, 6) is -0.152. The van der Waals surface area contributed by atoms with Gasteiger partial charge in [-0.3, -0.25) is 9.69 Å². The smallest absolute Gasteiger partial charge is 0.282 e. The zero-order valence-electron chi connectivity index (χ0n) is 11.0. The van der Waals surface area contributed by atoms with E-state index in [4.69, 9.17) is 4.74 Å². The van der Waals surface area contributed by atoms with Gasteiger partial charge in [-0.25, -0.2) is 0 Å². The molecule has 0 saturated carbocycles. The van der Waals surface area contributed by atoms with E-state index in [1.54, 1.807) is 7.05 Å². The molecule has 0 bridgehead atoms. The number of morpholine rings is 1. The molecule has 2 rings (SSSR count). The van der Waals surface area contributed by atoms with Crippen molar-refractivity contribution >= 4 is 22.4 Å². The van der Waals surface area contributed by atoms with Gasteiger partial charge in [-0.15, -0.1) is 10.2 Å². The molecule has 106 valence electrons. The lowest BCUT2D eigenvalue weighted by Gasteiger charge is -2.26. The van der Waals surface area contributed by atoms with Crippen LogP contribution in [0.25, 0.3) is 0 Å². The van der Waals surface area contributed by atoms with Crippen molar-refractivity contribution in [3.8, 4) is 0 Å². The van der Waals surface area contributed by atoms with Gasteiger partial charge in [0.2, 0.25) is 10.1 Å². The Hall–Kier alpha value is -1.25. The molecule has 0 radical (unpaired) electrons. The van der Waals surface area contributed by atoms with E-state index < -0.39 is 0 Å². The number of ether oxygens (including phenoxy) is 1. The Labute approximate surface area is 116 Å². The normalized spacial score (nSPS) is 16.3. The highest BCUT2D eigenvalue weighted by Crippen LogP contribution is 2.13. The summed E-state index contributed by atoms with van der Waals surface area (Å²) in [6.07, 6.45) is 0.934. The van der Waals surface area contributed by atoms with Crippen molar-refractivity contribution in [1.82, 2.24) is 20.4 Å². The zero-order chi connectivity index (χ0) is 13.5. The van der Waals surface area contributed by atoms with Crippen molar-refractivity contribution in [1.29, 1.82) is 0 Å². The first-order chi connectivity index (χ1) is 9.29. The van der Waals surface area contributed by atoms with Gasteiger partial charge in [-0.05, 0) is 13.0 Å². The number of carbonyl (C=O) groups is 1. The van der Waals surface area contributed by atoms with Gasteiger partial charge in [-0.2, -0.15) is 0 Å². The SMILES string of the molecule is CNc1nnc(C(=O)NCCCN2CCOCC2)s1. The van der Waals surface area contributed by atoms with E-state index in [1.165, 1.54) is 11.3 Å². The highest BCUT2D eigenvalue weighted by molar-refractivity contribution is 7.17. The van der Waals surface area contributed by atoms with Crippen molar-refractivity contribution in [2.75, 3.05) is 51.8 Å². The molecule has 1 aromatic heterocycles. The fraction of sp³-hybridized carbons (Fsp3) is 0.727. The van der Waals surface area contributed by atoms with E-state index in [0.29, 0.717) is 16.7 Å². The van der Waals surface area contributed by atoms with E-state index in [-0.39, 0.29) is 5.91 Å². The molecule has 7 nitrogen and oxygen atoms in total. The highest BCUT2D eigenvalue weighted by Gasteiger charge is 2.12. The molecule has 0 atom stereocenters. The van der Waals surface area contributed by atoms with E-state index in [2.05, 4.69) is 25.7 Å². The lowest BCUT2D eigenvalue weighted by atomic mass is 10.3. The van der Waals surface area contributed by atoms with Crippen molar-refractivity contribution in [3.63, 3.8) is 0 Å². The lowest BCUT2D eigenvalue weighted by molar-refractivity contribution is 0.0374. The first-order valence-corrected chi connectivity index (χ1v) is 7.21. The van der Waals surface area contributed by atoms with Crippen molar-refractivity contribution in [2.45, 2.75) is 6.42 Å². The summed E-state index contributed by atoms with van der Waals surface area (Å²) in [7, 11) is 1.75. The number of nitrogens with zero attached hydrogens (tertiary/aromatic N) is 3. The summed E-state index contributed by atoms with van der Waals surface area (Å²) >= 11 is 1.25. The van der Waals surface area contributed by atoms with E-state index in [1.807, 2.05) is 0 Å².